The third-order valence-corrected chi connectivity index (χ3v) is 6.60. The Hall–Kier alpha value is -2.49. The van der Waals surface area contributed by atoms with Crippen LogP contribution in [0.4, 0.5) is 10.1 Å². The van der Waals surface area contributed by atoms with E-state index in [-0.39, 0.29) is 23.0 Å². The summed E-state index contributed by atoms with van der Waals surface area (Å²) in [6.07, 6.45) is 0. The molecule has 2 aromatic carbocycles. The van der Waals surface area contributed by atoms with Gasteiger partial charge in [-0.25, -0.2) is 17.5 Å². The van der Waals surface area contributed by atoms with Crippen LogP contribution in [0.2, 0.25) is 0 Å². The molecule has 0 unspecified atom stereocenters. The number of morpholine rings is 1. The van der Waals surface area contributed by atoms with Crippen LogP contribution in [0.1, 0.15) is 29.8 Å². The van der Waals surface area contributed by atoms with E-state index in [1.807, 2.05) is 24.3 Å². The fourth-order valence-electron chi connectivity index (χ4n) is 3.40. The fraction of sp³-hybridized carbons (Fsp3) is 0.409. The molecule has 0 aromatic heterocycles. The lowest BCUT2D eigenvalue weighted by atomic mass is 10.1. The summed E-state index contributed by atoms with van der Waals surface area (Å²) >= 11 is 0. The van der Waals surface area contributed by atoms with Crippen molar-refractivity contribution in [1.82, 2.24) is 9.62 Å². The second-order valence-corrected chi connectivity index (χ2v) is 9.56. The lowest BCUT2D eigenvalue weighted by molar-refractivity contribution is 0.0780. The van der Waals surface area contributed by atoms with Gasteiger partial charge in [0.2, 0.25) is 10.0 Å². The van der Waals surface area contributed by atoms with Crippen LogP contribution in [-0.4, -0.2) is 58.6 Å². The highest BCUT2D eigenvalue weighted by Crippen LogP contribution is 2.20. The van der Waals surface area contributed by atoms with E-state index in [9.17, 15) is 17.6 Å². The number of carbonyl (C=O) groups excluding carboxylic acids is 1. The summed E-state index contributed by atoms with van der Waals surface area (Å²) < 4.78 is 46.9. The molecule has 0 saturated carbocycles. The Labute approximate surface area is 182 Å². The van der Waals surface area contributed by atoms with E-state index in [4.69, 9.17) is 4.74 Å². The molecular weight excluding hydrogens is 421 g/mol. The van der Waals surface area contributed by atoms with Crippen LogP contribution in [0.15, 0.2) is 47.4 Å². The van der Waals surface area contributed by atoms with Gasteiger partial charge in [-0.15, -0.1) is 0 Å². The third kappa shape index (κ3) is 5.81. The van der Waals surface area contributed by atoms with Gasteiger partial charge in [0, 0.05) is 38.4 Å². The number of hydrogen-bond donors (Lipinski definition) is 1. The number of anilines is 1. The summed E-state index contributed by atoms with van der Waals surface area (Å²) in [6, 6.07) is 10.8. The van der Waals surface area contributed by atoms with Crippen molar-refractivity contribution >= 4 is 21.6 Å². The number of benzene rings is 2. The molecule has 1 heterocycles. The van der Waals surface area contributed by atoms with Crippen molar-refractivity contribution in [1.29, 1.82) is 0 Å². The number of hydrogen-bond acceptors (Lipinski definition) is 5. The minimum Gasteiger partial charge on any atom is -0.378 e. The van der Waals surface area contributed by atoms with Gasteiger partial charge in [-0.3, -0.25) is 4.79 Å². The molecule has 1 aliphatic rings. The first kappa shape index (κ1) is 23.2. The highest BCUT2D eigenvalue weighted by molar-refractivity contribution is 7.89. The maximum Gasteiger partial charge on any atom is 0.256 e. The van der Waals surface area contributed by atoms with Crippen LogP contribution >= 0.6 is 0 Å². The highest BCUT2D eigenvalue weighted by Gasteiger charge is 2.22. The number of sulfonamides is 1. The van der Waals surface area contributed by atoms with Crippen LogP contribution in [0.3, 0.4) is 0 Å². The summed E-state index contributed by atoms with van der Waals surface area (Å²) in [5, 5.41) is 0. The van der Waals surface area contributed by atoms with Crippen molar-refractivity contribution in [2.75, 3.05) is 38.3 Å². The standard InChI is InChI=1S/C22H28FN3O4S/c1-16(2)24-31(28,29)19-8-9-21(23)20(14-19)22(27)25(3)15-17-4-6-18(7-5-17)26-10-12-30-13-11-26/h4-9,14,16,24H,10-13,15H2,1-3H3. The number of nitrogens with zero attached hydrogens (tertiary/aromatic N) is 2. The smallest absolute Gasteiger partial charge is 0.256 e. The van der Waals surface area contributed by atoms with Crippen LogP contribution in [0.5, 0.6) is 0 Å². The zero-order chi connectivity index (χ0) is 22.6. The van der Waals surface area contributed by atoms with Gasteiger partial charge in [0.15, 0.2) is 0 Å². The quantitative estimate of drug-likeness (QED) is 0.703. The Bertz CT molecular complexity index is 1020. The van der Waals surface area contributed by atoms with Crippen molar-refractivity contribution in [3.05, 3.63) is 59.4 Å². The molecule has 1 fully saturated rings. The summed E-state index contributed by atoms with van der Waals surface area (Å²) in [6.45, 7) is 6.71. The average Bonchev–Trinajstić information content (AvgIpc) is 2.73. The zero-order valence-electron chi connectivity index (χ0n) is 18.0. The number of carbonyl (C=O) groups is 1. The molecule has 3 rings (SSSR count). The van der Waals surface area contributed by atoms with E-state index in [0.717, 1.165) is 42.5 Å². The van der Waals surface area contributed by atoms with Gasteiger partial charge in [0.05, 0.1) is 23.7 Å². The normalized spacial score (nSPS) is 14.7. The van der Waals surface area contributed by atoms with E-state index in [1.165, 1.54) is 4.90 Å². The minimum atomic E-state index is -3.83. The van der Waals surface area contributed by atoms with Crippen LogP contribution < -0.4 is 9.62 Å². The topological polar surface area (TPSA) is 79.0 Å². The van der Waals surface area contributed by atoms with Gasteiger partial charge >= 0.3 is 0 Å². The SMILES string of the molecule is CC(C)NS(=O)(=O)c1ccc(F)c(C(=O)N(C)Cc2ccc(N3CCOCC3)cc2)c1. The Kier molecular flexibility index (Phi) is 7.30. The van der Waals surface area contributed by atoms with E-state index >= 15 is 0 Å². The molecule has 0 atom stereocenters. The van der Waals surface area contributed by atoms with Crippen LogP contribution in [0.25, 0.3) is 0 Å². The molecule has 1 amide bonds. The first-order chi connectivity index (χ1) is 14.7. The fourth-order valence-corrected chi connectivity index (χ4v) is 4.68. The van der Waals surface area contributed by atoms with Crippen LogP contribution in [0, 0.1) is 5.82 Å². The molecule has 0 radical (unpaired) electrons. The van der Waals surface area contributed by atoms with Crippen molar-refractivity contribution in [2.24, 2.45) is 0 Å². The van der Waals surface area contributed by atoms with Gasteiger partial charge in [-0.05, 0) is 49.7 Å². The summed E-state index contributed by atoms with van der Waals surface area (Å²) in [4.78, 5) is 16.3. The lowest BCUT2D eigenvalue weighted by Gasteiger charge is -2.29. The molecule has 0 bridgehead atoms. The first-order valence-electron chi connectivity index (χ1n) is 10.2. The molecule has 2 aromatic rings. The molecule has 31 heavy (non-hydrogen) atoms. The molecule has 1 N–H and O–H groups in total. The molecule has 168 valence electrons. The van der Waals surface area contributed by atoms with Crippen LogP contribution in [-0.2, 0) is 21.3 Å². The van der Waals surface area contributed by atoms with Crippen molar-refractivity contribution in [3.63, 3.8) is 0 Å². The highest BCUT2D eigenvalue weighted by atomic mass is 32.2. The minimum absolute atomic E-state index is 0.144. The molecular formula is C22H28FN3O4S. The van der Waals surface area contributed by atoms with E-state index < -0.39 is 21.7 Å². The van der Waals surface area contributed by atoms with Gasteiger partial charge in [0.25, 0.3) is 5.91 Å². The largest absolute Gasteiger partial charge is 0.378 e. The predicted octanol–water partition coefficient (Wildman–Crippen LogP) is 2.62. The number of nitrogens with one attached hydrogen (secondary N) is 1. The van der Waals surface area contributed by atoms with Gasteiger partial charge in [0.1, 0.15) is 5.82 Å². The van der Waals surface area contributed by atoms with Crippen molar-refractivity contribution in [2.45, 2.75) is 31.3 Å². The maximum atomic E-state index is 14.4. The van der Waals surface area contributed by atoms with E-state index in [1.54, 1.807) is 20.9 Å². The van der Waals surface area contributed by atoms with E-state index in [2.05, 4.69) is 9.62 Å². The molecule has 9 heteroatoms. The summed E-state index contributed by atoms with van der Waals surface area (Å²) in [7, 11) is -2.27. The monoisotopic (exact) mass is 449 g/mol. The van der Waals surface area contributed by atoms with Crippen molar-refractivity contribution < 1.29 is 22.3 Å². The van der Waals surface area contributed by atoms with Gasteiger partial charge in [-0.2, -0.15) is 0 Å². The lowest BCUT2D eigenvalue weighted by Crippen LogP contribution is -2.36. The van der Waals surface area contributed by atoms with Gasteiger partial charge in [-0.1, -0.05) is 12.1 Å². The first-order valence-corrected chi connectivity index (χ1v) is 11.6. The van der Waals surface area contributed by atoms with E-state index in [0.29, 0.717) is 13.2 Å². The van der Waals surface area contributed by atoms with Crippen molar-refractivity contribution in [3.8, 4) is 0 Å². The molecule has 1 aliphatic heterocycles. The Morgan fingerprint density at radius 2 is 1.81 bits per heavy atom. The number of amides is 1. The zero-order valence-corrected chi connectivity index (χ0v) is 18.8. The molecule has 1 saturated heterocycles. The maximum absolute atomic E-state index is 14.4. The third-order valence-electron chi connectivity index (χ3n) is 4.95. The second-order valence-electron chi connectivity index (χ2n) is 7.84. The Morgan fingerprint density at radius 1 is 1.16 bits per heavy atom. The number of halogens is 1. The molecule has 0 aliphatic carbocycles. The Morgan fingerprint density at radius 3 is 2.42 bits per heavy atom. The average molecular weight is 450 g/mol. The predicted molar refractivity (Wildman–Crippen MR) is 117 cm³/mol. The molecule has 7 nitrogen and oxygen atoms in total. The second kappa shape index (κ2) is 9.76. The van der Waals surface area contributed by atoms with Gasteiger partial charge < -0.3 is 14.5 Å². The summed E-state index contributed by atoms with van der Waals surface area (Å²) in [5.74, 6) is -1.35. The number of ether oxygens (including phenoxy) is 1. The Balaban J connectivity index is 1.73. The number of rotatable bonds is 7. The summed E-state index contributed by atoms with van der Waals surface area (Å²) in [5.41, 5.74) is 1.69. The molecule has 0 spiro atoms.